The van der Waals surface area contributed by atoms with Gasteiger partial charge in [0.05, 0.1) is 6.61 Å². The molecule has 0 bridgehead atoms. The fourth-order valence-electron chi connectivity index (χ4n) is 2.12. The molecule has 2 fully saturated rings. The lowest BCUT2D eigenvalue weighted by Gasteiger charge is -2.39. The third-order valence-electron chi connectivity index (χ3n) is 3.35. The first kappa shape index (κ1) is 9.77. The van der Waals surface area contributed by atoms with E-state index >= 15 is 0 Å². The van der Waals surface area contributed by atoms with Crippen LogP contribution in [0.4, 0.5) is 4.79 Å². The molecule has 1 amide bonds. The number of carbonyl (C=O) groups is 1. The highest BCUT2D eigenvalue weighted by Crippen LogP contribution is 2.43. The molecule has 1 saturated carbocycles. The summed E-state index contributed by atoms with van der Waals surface area (Å²) in [7, 11) is 2.15. The number of hydrogen-bond donors (Lipinski definition) is 0. The number of carbonyl (C=O) groups excluding carboxylic acids is 1. The number of likely N-dealkylation sites (N-methyl/N-ethyl adjacent to an activating group) is 1. The van der Waals surface area contributed by atoms with Gasteiger partial charge in [-0.1, -0.05) is 0 Å². The molecule has 0 aromatic rings. The lowest BCUT2D eigenvalue weighted by molar-refractivity contribution is 0.0550. The zero-order valence-electron chi connectivity index (χ0n) is 8.95. The minimum atomic E-state index is -0.146. The average molecular weight is 198 g/mol. The zero-order valence-corrected chi connectivity index (χ0v) is 8.95. The summed E-state index contributed by atoms with van der Waals surface area (Å²) in [6, 6.07) is 0. The Kier molecular flexibility index (Phi) is 2.39. The summed E-state index contributed by atoms with van der Waals surface area (Å²) in [4.78, 5) is 15.7. The Hall–Kier alpha value is -0.770. The van der Waals surface area contributed by atoms with Crippen LogP contribution in [0.3, 0.4) is 0 Å². The molecule has 14 heavy (non-hydrogen) atoms. The maximum Gasteiger partial charge on any atom is 0.409 e. The lowest BCUT2D eigenvalue weighted by atomic mass is 10.1. The van der Waals surface area contributed by atoms with Crippen LogP contribution in [0.1, 0.15) is 19.8 Å². The second kappa shape index (κ2) is 3.42. The Bertz CT molecular complexity index is 238. The van der Waals surface area contributed by atoms with Crippen molar-refractivity contribution < 1.29 is 9.53 Å². The summed E-state index contributed by atoms with van der Waals surface area (Å²) < 4.78 is 5.01. The van der Waals surface area contributed by atoms with Crippen molar-refractivity contribution in [3.8, 4) is 0 Å². The van der Waals surface area contributed by atoms with Crippen molar-refractivity contribution in [2.45, 2.75) is 25.3 Å². The number of amides is 1. The van der Waals surface area contributed by atoms with E-state index in [1.165, 1.54) is 12.8 Å². The molecule has 0 unspecified atom stereocenters. The smallest absolute Gasteiger partial charge is 0.409 e. The molecular formula is C10H18N2O2. The highest BCUT2D eigenvalue weighted by Gasteiger charge is 2.50. The van der Waals surface area contributed by atoms with E-state index in [0.717, 1.165) is 19.6 Å². The predicted octanol–water partition coefficient (Wildman–Crippen LogP) is 0.923. The standard InChI is InChI=1S/C10H18N2O2/c1-3-14-9(13)12-7-6-11(2)10(8-12)4-5-10/h3-8H2,1-2H3. The van der Waals surface area contributed by atoms with E-state index in [1.54, 1.807) is 0 Å². The van der Waals surface area contributed by atoms with Crippen LogP contribution in [0.2, 0.25) is 0 Å². The van der Waals surface area contributed by atoms with E-state index in [2.05, 4.69) is 11.9 Å². The van der Waals surface area contributed by atoms with Gasteiger partial charge < -0.3 is 9.64 Å². The van der Waals surface area contributed by atoms with Crippen molar-refractivity contribution >= 4 is 6.09 Å². The van der Waals surface area contributed by atoms with E-state index in [9.17, 15) is 4.79 Å². The Balaban J connectivity index is 1.93. The summed E-state index contributed by atoms with van der Waals surface area (Å²) in [5.74, 6) is 0. The molecule has 1 aliphatic heterocycles. The molecule has 0 aromatic carbocycles. The van der Waals surface area contributed by atoms with Gasteiger partial charge in [-0.05, 0) is 26.8 Å². The minimum absolute atomic E-state index is 0.146. The maximum absolute atomic E-state index is 11.5. The predicted molar refractivity (Wildman–Crippen MR) is 53.2 cm³/mol. The third kappa shape index (κ3) is 1.59. The molecule has 0 radical (unpaired) electrons. The van der Waals surface area contributed by atoms with Crippen LogP contribution in [0, 0.1) is 0 Å². The molecule has 2 aliphatic rings. The number of ether oxygens (including phenoxy) is 1. The number of nitrogens with zero attached hydrogens (tertiary/aromatic N) is 2. The third-order valence-corrected chi connectivity index (χ3v) is 3.35. The maximum atomic E-state index is 11.5. The van der Waals surface area contributed by atoms with Crippen molar-refractivity contribution in [3.63, 3.8) is 0 Å². The van der Waals surface area contributed by atoms with Crippen molar-refractivity contribution in [1.29, 1.82) is 0 Å². The van der Waals surface area contributed by atoms with Gasteiger partial charge in [-0.15, -0.1) is 0 Å². The molecule has 1 saturated heterocycles. The van der Waals surface area contributed by atoms with E-state index in [1.807, 2.05) is 11.8 Å². The first-order valence-electron chi connectivity index (χ1n) is 5.31. The fraction of sp³-hybridized carbons (Fsp3) is 0.900. The highest BCUT2D eigenvalue weighted by atomic mass is 16.6. The number of rotatable bonds is 1. The highest BCUT2D eigenvalue weighted by molar-refractivity contribution is 5.68. The summed E-state index contributed by atoms with van der Waals surface area (Å²) in [6.45, 7) is 4.94. The monoisotopic (exact) mass is 198 g/mol. The first-order valence-corrected chi connectivity index (χ1v) is 5.31. The van der Waals surface area contributed by atoms with Gasteiger partial charge in [0, 0.05) is 25.2 Å². The van der Waals surface area contributed by atoms with Gasteiger partial charge in [0.1, 0.15) is 0 Å². The molecule has 1 spiro atoms. The molecule has 2 rings (SSSR count). The minimum Gasteiger partial charge on any atom is -0.450 e. The Morgan fingerprint density at radius 2 is 2.14 bits per heavy atom. The second-order valence-corrected chi connectivity index (χ2v) is 4.27. The molecule has 0 N–H and O–H groups in total. The van der Waals surface area contributed by atoms with Gasteiger partial charge >= 0.3 is 6.09 Å². The van der Waals surface area contributed by atoms with Crippen LogP contribution in [0.15, 0.2) is 0 Å². The first-order chi connectivity index (χ1) is 6.68. The van der Waals surface area contributed by atoms with Crippen LogP contribution in [-0.2, 0) is 4.74 Å². The van der Waals surface area contributed by atoms with Crippen molar-refractivity contribution in [1.82, 2.24) is 9.80 Å². The van der Waals surface area contributed by atoms with E-state index in [0.29, 0.717) is 12.1 Å². The zero-order chi connectivity index (χ0) is 10.2. The molecule has 4 nitrogen and oxygen atoms in total. The van der Waals surface area contributed by atoms with Gasteiger partial charge in [0.2, 0.25) is 0 Å². The normalized spacial score (nSPS) is 25.1. The van der Waals surface area contributed by atoms with E-state index in [-0.39, 0.29) is 6.09 Å². The Morgan fingerprint density at radius 1 is 1.43 bits per heavy atom. The summed E-state index contributed by atoms with van der Waals surface area (Å²) in [5.41, 5.74) is 0.297. The quantitative estimate of drug-likeness (QED) is 0.628. The van der Waals surface area contributed by atoms with Gasteiger partial charge in [0.25, 0.3) is 0 Å². The van der Waals surface area contributed by atoms with Crippen LogP contribution in [0.5, 0.6) is 0 Å². The van der Waals surface area contributed by atoms with Crippen molar-refractivity contribution in [3.05, 3.63) is 0 Å². The second-order valence-electron chi connectivity index (χ2n) is 4.27. The van der Waals surface area contributed by atoms with E-state index < -0.39 is 0 Å². The SMILES string of the molecule is CCOC(=O)N1CCN(C)C2(CC2)C1. The Morgan fingerprint density at radius 3 is 2.71 bits per heavy atom. The van der Waals surface area contributed by atoms with Crippen LogP contribution < -0.4 is 0 Å². The summed E-state index contributed by atoms with van der Waals surface area (Å²) in [6.07, 6.45) is 2.30. The number of piperazine rings is 1. The molecular weight excluding hydrogens is 180 g/mol. The molecule has 0 atom stereocenters. The van der Waals surface area contributed by atoms with Gasteiger partial charge in [-0.2, -0.15) is 0 Å². The largest absolute Gasteiger partial charge is 0.450 e. The molecule has 1 heterocycles. The Labute approximate surface area is 84.8 Å². The average Bonchev–Trinajstić information content (AvgIpc) is 2.92. The van der Waals surface area contributed by atoms with E-state index in [4.69, 9.17) is 4.74 Å². The van der Waals surface area contributed by atoms with Crippen molar-refractivity contribution in [2.24, 2.45) is 0 Å². The van der Waals surface area contributed by atoms with Crippen LogP contribution >= 0.6 is 0 Å². The van der Waals surface area contributed by atoms with Gasteiger partial charge in [0.15, 0.2) is 0 Å². The van der Waals surface area contributed by atoms with Gasteiger partial charge in [-0.3, -0.25) is 4.90 Å². The van der Waals surface area contributed by atoms with Crippen LogP contribution in [0.25, 0.3) is 0 Å². The molecule has 1 aliphatic carbocycles. The topological polar surface area (TPSA) is 32.8 Å². The number of hydrogen-bond acceptors (Lipinski definition) is 3. The molecule has 0 aromatic heterocycles. The van der Waals surface area contributed by atoms with Gasteiger partial charge in [-0.25, -0.2) is 4.79 Å². The fourth-order valence-corrected chi connectivity index (χ4v) is 2.12. The van der Waals surface area contributed by atoms with Crippen LogP contribution in [-0.4, -0.2) is 54.7 Å². The summed E-state index contributed by atoms with van der Waals surface area (Å²) >= 11 is 0. The van der Waals surface area contributed by atoms with Crippen molar-refractivity contribution in [2.75, 3.05) is 33.3 Å². The molecule has 80 valence electrons. The lowest BCUT2D eigenvalue weighted by Crippen LogP contribution is -2.54. The summed E-state index contributed by atoms with van der Waals surface area (Å²) in [5, 5.41) is 0. The molecule has 4 heteroatoms.